The quantitative estimate of drug-likeness (QED) is 0.740. The fourth-order valence-electron chi connectivity index (χ4n) is 1.69. The van der Waals surface area contributed by atoms with E-state index in [1.807, 2.05) is 0 Å². The zero-order chi connectivity index (χ0) is 12.3. The number of carbonyl (C=O) groups excluding carboxylic acids is 1. The number of hydrogen-bond donors (Lipinski definition) is 1. The van der Waals surface area contributed by atoms with Crippen LogP contribution in [0.5, 0.6) is 0 Å². The monoisotopic (exact) mass is 239 g/mol. The molecule has 0 saturated carbocycles. The highest BCUT2D eigenvalue weighted by atomic mass is 19.4. The van der Waals surface area contributed by atoms with Gasteiger partial charge in [-0.05, 0) is 6.92 Å². The molecule has 1 amide bonds. The summed E-state index contributed by atoms with van der Waals surface area (Å²) in [6, 6.07) is -1.46. The van der Waals surface area contributed by atoms with E-state index in [9.17, 15) is 18.0 Å². The van der Waals surface area contributed by atoms with E-state index in [2.05, 4.69) is 0 Å². The van der Waals surface area contributed by atoms with E-state index in [1.165, 1.54) is 9.80 Å². The van der Waals surface area contributed by atoms with Crippen LogP contribution in [0.25, 0.3) is 0 Å². The maximum Gasteiger partial charge on any atom is 0.403 e. The molecular formula is C9H16F3N3O. The third kappa shape index (κ3) is 3.08. The Morgan fingerprint density at radius 3 is 2.19 bits per heavy atom. The van der Waals surface area contributed by atoms with Gasteiger partial charge in [0.05, 0.1) is 6.54 Å². The molecule has 1 saturated heterocycles. The molecule has 16 heavy (non-hydrogen) atoms. The SMILES string of the molecule is CC(N1CCN(C(=O)CN)CC1)C(F)(F)F. The molecular weight excluding hydrogens is 223 g/mol. The molecule has 7 heteroatoms. The summed E-state index contributed by atoms with van der Waals surface area (Å²) >= 11 is 0. The zero-order valence-corrected chi connectivity index (χ0v) is 9.13. The van der Waals surface area contributed by atoms with E-state index < -0.39 is 12.2 Å². The van der Waals surface area contributed by atoms with Crippen LogP contribution >= 0.6 is 0 Å². The Balaban J connectivity index is 2.46. The second-order valence-electron chi connectivity index (χ2n) is 3.84. The van der Waals surface area contributed by atoms with Gasteiger partial charge in [-0.3, -0.25) is 9.69 Å². The number of alkyl halides is 3. The lowest BCUT2D eigenvalue weighted by Crippen LogP contribution is -2.55. The van der Waals surface area contributed by atoms with Crippen LogP contribution in [-0.2, 0) is 4.79 Å². The second-order valence-corrected chi connectivity index (χ2v) is 3.84. The predicted octanol–water partition coefficient (Wildman–Crippen LogP) is 0.0401. The molecule has 0 aromatic rings. The first kappa shape index (κ1) is 13.2. The van der Waals surface area contributed by atoms with Crippen molar-refractivity contribution in [3.8, 4) is 0 Å². The third-order valence-corrected chi connectivity index (χ3v) is 2.86. The van der Waals surface area contributed by atoms with Crippen LogP contribution in [0.2, 0.25) is 0 Å². The lowest BCUT2D eigenvalue weighted by molar-refractivity contribution is -0.182. The van der Waals surface area contributed by atoms with E-state index in [0.29, 0.717) is 13.1 Å². The molecule has 1 fully saturated rings. The van der Waals surface area contributed by atoms with Gasteiger partial charge in [0.2, 0.25) is 5.91 Å². The number of amides is 1. The van der Waals surface area contributed by atoms with Crippen molar-refractivity contribution < 1.29 is 18.0 Å². The van der Waals surface area contributed by atoms with E-state index in [0.717, 1.165) is 6.92 Å². The molecule has 94 valence electrons. The summed E-state index contributed by atoms with van der Waals surface area (Å²) in [4.78, 5) is 14.0. The van der Waals surface area contributed by atoms with E-state index in [-0.39, 0.29) is 25.5 Å². The normalized spacial score (nSPS) is 20.9. The Hall–Kier alpha value is -0.820. The van der Waals surface area contributed by atoms with Gasteiger partial charge in [0.25, 0.3) is 0 Å². The molecule has 0 bridgehead atoms. The number of carbonyl (C=O) groups is 1. The summed E-state index contributed by atoms with van der Waals surface area (Å²) in [6.45, 7) is 2.17. The summed E-state index contributed by atoms with van der Waals surface area (Å²) in [5, 5.41) is 0. The smallest absolute Gasteiger partial charge is 0.339 e. The number of hydrogen-bond acceptors (Lipinski definition) is 3. The minimum atomic E-state index is -4.21. The molecule has 1 heterocycles. The van der Waals surface area contributed by atoms with Crippen molar-refractivity contribution in [3.63, 3.8) is 0 Å². The number of halogens is 3. The van der Waals surface area contributed by atoms with Gasteiger partial charge in [0.15, 0.2) is 0 Å². The maximum absolute atomic E-state index is 12.4. The van der Waals surface area contributed by atoms with Crippen molar-refractivity contribution in [2.24, 2.45) is 5.73 Å². The summed E-state index contributed by atoms with van der Waals surface area (Å²) < 4.78 is 37.2. The topological polar surface area (TPSA) is 49.6 Å². The van der Waals surface area contributed by atoms with Gasteiger partial charge >= 0.3 is 6.18 Å². The molecule has 0 aromatic carbocycles. The van der Waals surface area contributed by atoms with Crippen LogP contribution in [0.1, 0.15) is 6.92 Å². The fourth-order valence-corrected chi connectivity index (χ4v) is 1.69. The Morgan fingerprint density at radius 2 is 1.81 bits per heavy atom. The van der Waals surface area contributed by atoms with Crippen LogP contribution in [0.4, 0.5) is 13.2 Å². The Labute approximate surface area is 92.2 Å². The van der Waals surface area contributed by atoms with E-state index >= 15 is 0 Å². The Kier molecular flexibility index (Phi) is 4.15. The van der Waals surface area contributed by atoms with Gasteiger partial charge < -0.3 is 10.6 Å². The molecule has 1 atom stereocenters. The highest BCUT2D eigenvalue weighted by Gasteiger charge is 2.41. The third-order valence-electron chi connectivity index (χ3n) is 2.86. The van der Waals surface area contributed by atoms with Crippen molar-refractivity contribution in [2.45, 2.75) is 19.1 Å². The van der Waals surface area contributed by atoms with Crippen LogP contribution in [0, 0.1) is 0 Å². The molecule has 0 spiro atoms. The lowest BCUT2D eigenvalue weighted by atomic mass is 10.2. The summed E-state index contributed by atoms with van der Waals surface area (Å²) in [6.07, 6.45) is -4.21. The van der Waals surface area contributed by atoms with Crippen molar-refractivity contribution in [3.05, 3.63) is 0 Å². The van der Waals surface area contributed by atoms with E-state index in [4.69, 9.17) is 5.73 Å². The average Bonchev–Trinajstić information content (AvgIpc) is 2.26. The predicted molar refractivity (Wildman–Crippen MR) is 52.7 cm³/mol. The molecule has 1 rings (SSSR count). The van der Waals surface area contributed by atoms with Gasteiger partial charge in [0.1, 0.15) is 6.04 Å². The maximum atomic E-state index is 12.4. The minimum absolute atomic E-state index is 0.0885. The lowest BCUT2D eigenvalue weighted by Gasteiger charge is -2.38. The first-order valence-corrected chi connectivity index (χ1v) is 5.15. The Bertz CT molecular complexity index is 249. The highest BCUT2D eigenvalue weighted by molar-refractivity contribution is 5.78. The largest absolute Gasteiger partial charge is 0.403 e. The fraction of sp³-hybridized carbons (Fsp3) is 0.889. The van der Waals surface area contributed by atoms with Crippen molar-refractivity contribution in [1.29, 1.82) is 0 Å². The van der Waals surface area contributed by atoms with Crippen LogP contribution in [-0.4, -0.2) is 60.6 Å². The second kappa shape index (κ2) is 5.01. The van der Waals surface area contributed by atoms with Crippen molar-refractivity contribution in [1.82, 2.24) is 9.80 Å². The molecule has 0 aromatic heterocycles. The van der Waals surface area contributed by atoms with Crippen LogP contribution < -0.4 is 5.73 Å². The highest BCUT2D eigenvalue weighted by Crippen LogP contribution is 2.25. The van der Waals surface area contributed by atoms with Gasteiger partial charge in [-0.25, -0.2) is 0 Å². The Morgan fingerprint density at radius 1 is 1.31 bits per heavy atom. The van der Waals surface area contributed by atoms with Crippen LogP contribution in [0.15, 0.2) is 0 Å². The standard InChI is InChI=1S/C9H16F3N3O/c1-7(9(10,11)12)14-2-4-15(5-3-14)8(16)6-13/h7H,2-6,13H2,1H3. The van der Waals surface area contributed by atoms with E-state index in [1.54, 1.807) is 0 Å². The summed E-state index contributed by atoms with van der Waals surface area (Å²) in [7, 11) is 0. The molecule has 1 aliphatic heterocycles. The molecule has 1 unspecified atom stereocenters. The zero-order valence-electron chi connectivity index (χ0n) is 9.13. The number of piperazine rings is 1. The summed E-state index contributed by atoms with van der Waals surface area (Å²) in [5.41, 5.74) is 5.18. The van der Waals surface area contributed by atoms with Gasteiger partial charge in [0, 0.05) is 26.2 Å². The van der Waals surface area contributed by atoms with Crippen LogP contribution in [0.3, 0.4) is 0 Å². The van der Waals surface area contributed by atoms with Gasteiger partial charge in [-0.1, -0.05) is 0 Å². The number of nitrogens with two attached hydrogens (primary N) is 1. The first-order valence-electron chi connectivity index (χ1n) is 5.15. The number of rotatable bonds is 2. The molecule has 4 nitrogen and oxygen atoms in total. The van der Waals surface area contributed by atoms with Crippen molar-refractivity contribution in [2.75, 3.05) is 32.7 Å². The van der Waals surface area contributed by atoms with Crippen molar-refractivity contribution >= 4 is 5.91 Å². The average molecular weight is 239 g/mol. The first-order chi connectivity index (χ1) is 7.36. The summed E-state index contributed by atoms with van der Waals surface area (Å²) in [5.74, 6) is -0.209. The van der Waals surface area contributed by atoms with Gasteiger partial charge in [-0.2, -0.15) is 13.2 Å². The number of nitrogens with zero attached hydrogens (tertiary/aromatic N) is 2. The van der Waals surface area contributed by atoms with Gasteiger partial charge in [-0.15, -0.1) is 0 Å². The molecule has 1 aliphatic rings. The molecule has 0 radical (unpaired) electrons. The minimum Gasteiger partial charge on any atom is -0.339 e. The molecule has 2 N–H and O–H groups in total. The molecule has 0 aliphatic carbocycles.